The predicted molar refractivity (Wildman–Crippen MR) is 66.9 cm³/mol. The van der Waals surface area contributed by atoms with Crippen molar-refractivity contribution < 1.29 is 4.39 Å². The summed E-state index contributed by atoms with van der Waals surface area (Å²) in [6.45, 7) is 2.21. The highest BCUT2D eigenvalue weighted by Crippen LogP contribution is 2.17. The van der Waals surface area contributed by atoms with Crippen LogP contribution in [0, 0.1) is 11.7 Å². The SMILES string of the molecule is CCCCC(CBr)Cc1ccc(F)cc1. The summed E-state index contributed by atoms with van der Waals surface area (Å²) < 4.78 is 12.7. The third-order valence-electron chi connectivity index (χ3n) is 2.62. The van der Waals surface area contributed by atoms with E-state index in [-0.39, 0.29) is 5.82 Å². The molecule has 0 aliphatic rings. The van der Waals surface area contributed by atoms with Crippen LogP contribution >= 0.6 is 15.9 Å². The van der Waals surface area contributed by atoms with Gasteiger partial charge in [0.15, 0.2) is 0 Å². The van der Waals surface area contributed by atoms with Gasteiger partial charge in [0.05, 0.1) is 0 Å². The lowest BCUT2D eigenvalue weighted by Gasteiger charge is -2.13. The number of unbranched alkanes of at least 4 members (excludes halogenated alkanes) is 1. The van der Waals surface area contributed by atoms with Gasteiger partial charge in [-0.2, -0.15) is 0 Å². The van der Waals surface area contributed by atoms with E-state index >= 15 is 0 Å². The summed E-state index contributed by atoms with van der Waals surface area (Å²) in [4.78, 5) is 0. The molecule has 1 aromatic carbocycles. The molecule has 0 nitrogen and oxygen atoms in total. The molecule has 15 heavy (non-hydrogen) atoms. The monoisotopic (exact) mass is 272 g/mol. The van der Waals surface area contributed by atoms with Crippen molar-refractivity contribution in [1.29, 1.82) is 0 Å². The Morgan fingerprint density at radius 3 is 2.47 bits per heavy atom. The van der Waals surface area contributed by atoms with Crippen molar-refractivity contribution in [3.63, 3.8) is 0 Å². The highest BCUT2D eigenvalue weighted by molar-refractivity contribution is 9.09. The predicted octanol–water partition coefficient (Wildman–Crippen LogP) is 4.57. The van der Waals surface area contributed by atoms with Gasteiger partial charge in [-0.15, -0.1) is 0 Å². The Morgan fingerprint density at radius 1 is 1.27 bits per heavy atom. The van der Waals surface area contributed by atoms with Crippen LogP contribution in [0.3, 0.4) is 0 Å². The number of hydrogen-bond acceptors (Lipinski definition) is 0. The Morgan fingerprint density at radius 2 is 1.93 bits per heavy atom. The Bertz CT molecular complexity index is 268. The molecule has 1 rings (SSSR count). The molecule has 0 saturated heterocycles. The Hall–Kier alpha value is -0.370. The summed E-state index contributed by atoms with van der Waals surface area (Å²) in [5.41, 5.74) is 1.23. The first kappa shape index (κ1) is 12.7. The fourth-order valence-electron chi connectivity index (χ4n) is 1.68. The van der Waals surface area contributed by atoms with E-state index < -0.39 is 0 Å². The maximum absolute atomic E-state index is 12.7. The first-order chi connectivity index (χ1) is 7.26. The third-order valence-corrected chi connectivity index (χ3v) is 3.54. The second-order valence-electron chi connectivity index (χ2n) is 3.99. The molecule has 84 valence electrons. The van der Waals surface area contributed by atoms with Gasteiger partial charge >= 0.3 is 0 Å². The number of halogens is 2. The average Bonchev–Trinajstić information content (AvgIpc) is 2.27. The first-order valence-corrected chi connectivity index (χ1v) is 6.68. The number of alkyl halides is 1. The molecule has 0 fully saturated rings. The van der Waals surface area contributed by atoms with E-state index in [4.69, 9.17) is 0 Å². The van der Waals surface area contributed by atoms with Crippen LogP contribution in [0.15, 0.2) is 24.3 Å². The molecule has 0 aliphatic carbocycles. The van der Waals surface area contributed by atoms with Gasteiger partial charge in [-0.1, -0.05) is 47.8 Å². The molecule has 0 heterocycles. The van der Waals surface area contributed by atoms with Crippen LogP contribution in [-0.2, 0) is 6.42 Å². The Kier molecular flexibility index (Phi) is 5.92. The average molecular weight is 273 g/mol. The lowest BCUT2D eigenvalue weighted by atomic mass is 9.96. The third kappa shape index (κ3) is 4.78. The van der Waals surface area contributed by atoms with E-state index in [1.165, 1.54) is 24.8 Å². The quantitative estimate of drug-likeness (QED) is 0.666. The molecule has 0 bridgehead atoms. The van der Waals surface area contributed by atoms with E-state index in [0.29, 0.717) is 5.92 Å². The smallest absolute Gasteiger partial charge is 0.123 e. The summed E-state index contributed by atoms with van der Waals surface area (Å²) in [6.07, 6.45) is 4.81. The van der Waals surface area contributed by atoms with Crippen molar-refractivity contribution >= 4 is 15.9 Å². The normalized spacial score (nSPS) is 12.7. The number of hydrogen-bond donors (Lipinski definition) is 0. The molecule has 1 unspecified atom stereocenters. The highest BCUT2D eigenvalue weighted by Gasteiger charge is 2.07. The van der Waals surface area contributed by atoms with Crippen molar-refractivity contribution in [3.05, 3.63) is 35.6 Å². The van der Waals surface area contributed by atoms with Gasteiger partial charge in [0.2, 0.25) is 0 Å². The number of rotatable bonds is 6. The van der Waals surface area contributed by atoms with Crippen LogP contribution in [0.5, 0.6) is 0 Å². The minimum atomic E-state index is -0.150. The molecule has 0 spiro atoms. The molecule has 0 aliphatic heterocycles. The van der Waals surface area contributed by atoms with Crippen LogP contribution in [0.1, 0.15) is 31.7 Å². The van der Waals surface area contributed by atoms with E-state index in [1.807, 2.05) is 12.1 Å². The zero-order valence-electron chi connectivity index (χ0n) is 9.18. The van der Waals surface area contributed by atoms with Crippen LogP contribution in [0.25, 0.3) is 0 Å². The van der Waals surface area contributed by atoms with Crippen molar-refractivity contribution in [2.75, 3.05) is 5.33 Å². The second-order valence-corrected chi connectivity index (χ2v) is 4.64. The van der Waals surface area contributed by atoms with Crippen LogP contribution < -0.4 is 0 Å². The van der Waals surface area contributed by atoms with Crippen LogP contribution in [0.2, 0.25) is 0 Å². The Labute approximate surface area is 100 Å². The zero-order valence-corrected chi connectivity index (χ0v) is 10.8. The van der Waals surface area contributed by atoms with Gasteiger partial charge in [0.25, 0.3) is 0 Å². The van der Waals surface area contributed by atoms with E-state index in [9.17, 15) is 4.39 Å². The number of benzene rings is 1. The van der Waals surface area contributed by atoms with Gasteiger partial charge in [-0.25, -0.2) is 4.39 Å². The maximum Gasteiger partial charge on any atom is 0.123 e. The highest BCUT2D eigenvalue weighted by atomic mass is 79.9. The van der Waals surface area contributed by atoms with Gasteiger partial charge < -0.3 is 0 Å². The topological polar surface area (TPSA) is 0 Å². The van der Waals surface area contributed by atoms with Crippen molar-refractivity contribution in [1.82, 2.24) is 0 Å². The minimum absolute atomic E-state index is 0.150. The molecule has 0 saturated carbocycles. The largest absolute Gasteiger partial charge is 0.207 e. The van der Waals surface area contributed by atoms with Crippen LogP contribution in [0.4, 0.5) is 4.39 Å². The lowest BCUT2D eigenvalue weighted by Crippen LogP contribution is -2.06. The lowest BCUT2D eigenvalue weighted by molar-refractivity contribution is 0.513. The van der Waals surface area contributed by atoms with E-state index in [0.717, 1.165) is 11.8 Å². The van der Waals surface area contributed by atoms with Gasteiger partial charge in [-0.05, 0) is 36.5 Å². The van der Waals surface area contributed by atoms with Crippen LogP contribution in [-0.4, -0.2) is 5.33 Å². The molecule has 1 aromatic rings. The molecule has 2 heteroatoms. The zero-order chi connectivity index (χ0) is 11.1. The van der Waals surface area contributed by atoms with Gasteiger partial charge in [0, 0.05) is 5.33 Å². The van der Waals surface area contributed by atoms with Gasteiger partial charge in [0.1, 0.15) is 5.82 Å². The molecular weight excluding hydrogens is 255 g/mol. The van der Waals surface area contributed by atoms with Crippen molar-refractivity contribution in [2.45, 2.75) is 32.6 Å². The molecule has 1 atom stereocenters. The molecular formula is C13H18BrF. The Balaban J connectivity index is 2.47. The van der Waals surface area contributed by atoms with E-state index in [1.54, 1.807) is 12.1 Å². The molecule has 0 N–H and O–H groups in total. The summed E-state index contributed by atoms with van der Waals surface area (Å²) in [5.74, 6) is 0.526. The summed E-state index contributed by atoms with van der Waals surface area (Å²) >= 11 is 3.54. The standard InChI is InChI=1S/C13H18BrF/c1-2-3-4-12(10-14)9-11-5-7-13(15)8-6-11/h5-8,12H,2-4,9-10H2,1H3. The van der Waals surface area contributed by atoms with E-state index in [2.05, 4.69) is 22.9 Å². The van der Waals surface area contributed by atoms with Crippen molar-refractivity contribution in [3.8, 4) is 0 Å². The summed E-state index contributed by atoms with van der Waals surface area (Å²) in [7, 11) is 0. The fraction of sp³-hybridized carbons (Fsp3) is 0.538. The first-order valence-electron chi connectivity index (χ1n) is 5.56. The molecule has 0 aromatic heterocycles. The second kappa shape index (κ2) is 7.00. The maximum atomic E-state index is 12.7. The summed E-state index contributed by atoms with van der Waals surface area (Å²) in [5, 5.41) is 1.03. The summed E-state index contributed by atoms with van der Waals surface area (Å²) in [6, 6.07) is 6.86. The molecule has 0 radical (unpaired) electrons. The van der Waals surface area contributed by atoms with Crippen molar-refractivity contribution in [2.24, 2.45) is 5.92 Å². The minimum Gasteiger partial charge on any atom is -0.207 e. The molecule has 0 amide bonds. The fourth-order valence-corrected chi connectivity index (χ4v) is 2.23. The van der Waals surface area contributed by atoms with Gasteiger partial charge in [-0.3, -0.25) is 0 Å².